The van der Waals surface area contributed by atoms with E-state index in [-0.39, 0.29) is 28.2 Å². The molecule has 7 heteroatoms. The molecule has 0 radical (unpaired) electrons. The number of pyridine rings is 1. The minimum atomic E-state index is -2.81. The van der Waals surface area contributed by atoms with E-state index in [1.807, 2.05) is 0 Å². The van der Waals surface area contributed by atoms with Crippen molar-refractivity contribution in [2.75, 3.05) is 6.61 Å². The number of alkyl halides is 3. The van der Waals surface area contributed by atoms with Crippen molar-refractivity contribution in [2.45, 2.75) is 19.2 Å². The lowest BCUT2D eigenvalue weighted by atomic mass is 10.1. The van der Waals surface area contributed by atoms with Crippen LogP contribution >= 0.6 is 27.5 Å². The molecular weight excluding hydrogens is 319 g/mol. The maximum atomic E-state index is 12.9. The number of carbonyl (C=O) groups is 1. The minimum Gasteiger partial charge on any atom is -0.462 e. The summed E-state index contributed by atoms with van der Waals surface area (Å²) in [6.45, 7) is 1.70. The fraction of sp³-hybridized carbons (Fsp3) is 0.400. The predicted molar refractivity (Wildman–Crippen MR) is 62.4 cm³/mol. The molecule has 0 amide bonds. The van der Waals surface area contributed by atoms with Crippen LogP contribution in [0, 0.1) is 0 Å². The van der Waals surface area contributed by atoms with E-state index in [0.29, 0.717) is 0 Å². The zero-order valence-electron chi connectivity index (χ0n) is 8.84. The highest BCUT2D eigenvalue weighted by atomic mass is 79.9. The van der Waals surface area contributed by atoms with Gasteiger partial charge >= 0.3 is 5.97 Å². The smallest absolute Gasteiger partial charge is 0.340 e. The molecule has 0 aliphatic rings. The lowest BCUT2D eigenvalue weighted by molar-refractivity contribution is 0.0514. The van der Waals surface area contributed by atoms with Crippen molar-refractivity contribution >= 4 is 33.5 Å². The third-order valence-corrected chi connectivity index (χ3v) is 3.11. The maximum Gasteiger partial charge on any atom is 0.340 e. The van der Waals surface area contributed by atoms with E-state index in [0.717, 1.165) is 6.20 Å². The highest BCUT2D eigenvalue weighted by Gasteiger charge is 2.24. The molecule has 1 aromatic rings. The lowest BCUT2D eigenvalue weighted by Crippen LogP contribution is -2.11. The zero-order chi connectivity index (χ0) is 13.0. The SMILES string of the molecule is CCOC(=O)c1cnc(CCl)c(Br)c1C(F)F. The molecular formula is C10H9BrClF2NO2. The van der Waals surface area contributed by atoms with E-state index < -0.39 is 18.0 Å². The molecule has 0 aliphatic carbocycles. The van der Waals surface area contributed by atoms with Crippen molar-refractivity contribution < 1.29 is 18.3 Å². The topological polar surface area (TPSA) is 39.2 Å². The Morgan fingerprint density at radius 1 is 1.65 bits per heavy atom. The van der Waals surface area contributed by atoms with Gasteiger partial charge in [-0.3, -0.25) is 4.98 Å². The quantitative estimate of drug-likeness (QED) is 0.625. The van der Waals surface area contributed by atoms with Crippen LogP contribution in [0.4, 0.5) is 8.78 Å². The summed E-state index contributed by atoms with van der Waals surface area (Å²) in [4.78, 5) is 15.3. The van der Waals surface area contributed by atoms with Crippen LogP contribution in [0.5, 0.6) is 0 Å². The third-order valence-electron chi connectivity index (χ3n) is 1.97. The summed E-state index contributed by atoms with van der Waals surface area (Å²) in [6.07, 6.45) is -1.75. The molecule has 0 saturated heterocycles. The summed E-state index contributed by atoms with van der Waals surface area (Å²) < 4.78 is 30.5. The first kappa shape index (κ1) is 14.3. The fourth-order valence-electron chi connectivity index (χ4n) is 1.22. The molecule has 0 atom stereocenters. The van der Waals surface area contributed by atoms with Gasteiger partial charge in [0.05, 0.1) is 28.2 Å². The van der Waals surface area contributed by atoms with Gasteiger partial charge < -0.3 is 4.74 Å². The number of halogens is 4. The molecule has 0 aliphatic heterocycles. The second-order valence-corrected chi connectivity index (χ2v) is 4.06. The van der Waals surface area contributed by atoms with Crippen molar-refractivity contribution in [1.29, 1.82) is 0 Å². The first-order valence-corrected chi connectivity index (χ1v) is 6.04. The largest absolute Gasteiger partial charge is 0.462 e. The normalized spacial score (nSPS) is 10.7. The third kappa shape index (κ3) is 3.13. The Kier molecular flexibility index (Phi) is 5.27. The van der Waals surface area contributed by atoms with Crippen LogP contribution in [0.2, 0.25) is 0 Å². The number of esters is 1. The predicted octanol–water partition coefficient (Wildman–Crippen LogP) is 3.70. The van der Waals surface area contributed by atoms with E-state index in [9.17, 15) is 13.6 Å². The Bertz CT molecular complexity index is 429. The molecule has 0 aromatic carbocycles. The zero-order valence-corrected chi connectivity index (χ0v) is 11.2. The van der Waals surface area contributed by atoms with Gasteiger partial charge in [0.2, 0.25) is 0 Å². The summed E-state index contributed by atoms with van der Waals surface area (Å²) in [5.74, 6) is -0.847. The number of carbonyl (C=O) groups excluding carboxylic acids is 1. The summed E-state index contributed by atoms with van der Waals surface area (Å²) >= 11 is 8.53. The summed E-state index contributed by atoms with van der Waals surface area (Å²) in [7, 11) is 0. The molecule has 0 spiro atoms. The average molecular weight is 329 g/mol. The van der Waals surface area contributed by atoms with E-state index >= 15 is 0 Å². The average Bonchev–Trinajstić information content (AvgIpc) is 2.28. The van der Waals surface area contributed by atoms with E-state index in [1.54, 1.807) is 6.92 Å². The van der Waals surface area contributed by atoms with Gasteiger partial charge in [-0.05, 0) is 22.9 Å². The molecule has 1 rings (SSSR count). The second-order valence-electron chi connectivity index (χ2n) is 3.00. The molecule has 3 nitrogen and oxygen atoms in total. The Balaban J connectivity index is 3.31. The van der Waals surface area contributed by atoms with E-state index in [4.69, 9.17) is 11.6 Å². The van der Waals surface area contributed by atoms with Crippen LogP contribution in [0.1, 0.15) is 35.0 Å². The van der Waals surface area contributed by atoms with Crippen molar-refractivity contribution in [2.24, 2.45) is 0 Å². The van der Waals surface area contributed by atoms with E-state index in [1.165, 1.54) is 0 Å². The van der Waals surface area contributed by atoms with Gasteiger partial charge in [-0.2, -0.15) is 0 Å². The van der Waals surface area contributed by atoms with Crippen molar-refractivity contribution in [3.63, 3.8) is 0 Å². The van der Waals surface area contributed by atoms with Crippen LogP contribution in [0.3, 0.4) is 0 Å². The summed E-state index contributed by atoms with van der Waals surface area (Å²) in [6, 6.07) is 0. The van der Waals surface area contributed by atoms with Crippen LogP contribution in [0.25, 0.3) is 0 Å². The van der Waals surface area contributed by atoms with Crippen molar-refractivity contribution in [1.82, 2.24) is 4.98 Å². The molecule has 0 fully saturated rings. The highest BCUT2D eigenvalue weighted by Crippen LogP contribution is 2.33. The Morgan fingerprint density at radius 3 is 2.76 bits per heavy atom. The molecule has 94 valence electrons. The van der Waals surface area contributed by atoms with Crippen LogP contribution in [-0.2, 0) is 10.6 Å². The number of hydrogen-bond acceptors (Lipinski definition) is 3. The first-order valence-electron chi connectivity index (χ1n) is 4.71. The van der Waals surface area contributed by atoms with Crippen LogP contribution in [0.15, 0.2) is 10.7 Å². The molecule has 1 heterocycles. The Hall–Kier alpha value is -0.750. The molecule has 17 heavy (non-hydrogen) atoms. The molecule has 0 saturated carbocycles. The number of ether oxygens (including phenoxy) is 1. The number of rotatable bonds is 4. The number of nitrogens with zero attached hydrogens (tertiary/aromatic N) is 1. The van der Waals surface area contributed by atoms with Gasteiger partial charge in [0.25, 0.3) is 6.43 Å². The van der Waals surface area contributed by atoms with Gasteiger partial charge in [-0.1, -0.05) is 0 Å². The van der Waals surface area contributed by atoms with Gasteiger partial charge in [0, 0.05) is 11.8 Å². The van der Waals surface area contributed by atoms with Gasteiger partial charge in [0.15, 0.2) is 0 Å². The maximum absolute atomic E-state index is 12.9. The molecule has 1 aromatic heterocycles. The monoisotopic (exact) mass is 327 g/mol. The Labute approximate surface area is 110 Å². The molecule has 0 unspecified atom stereocenters. The van der Waals surface area contributed by atoms with Crippen LogP contribution in [-0.4, -0.2) is 17.6 Å². The van der Waals surface area contributed by atoms with Crippen molar-refractivity contribution in [3.8, 4) is 0 Å². The standard InChI is InChI=1S/C10H9BrClF2NO2/c1-2-17-10(16)5-4-15-6(3-12)8(11)7(5)9(13)14/h4,9H,2-3H2,1H3. The second kappa shape index (κ2) is 6.26. The minimum absolute atomic E-state index is 0.0244. The van der Waals surface area contributed by atoms with Gasteiger partial charge in [-0.25, -0.2) is 13.6 Å². The Morgan fingerprint density at radius 2 is 2.29 bits per heavy atom. The van der Waals surface area contributed by atoms with E-state index in [2.05, 4.69) is 25.7 Å². The fourth-order valence-corrected chi connectivity index (χ4v) is 2.21. The van der Waals surface area contributed by atoms with Crippen molar-refractivity contribution in [3.05, 3.63) is 27.5 Å². The van der Waals surface area contributed by atoms with Gasteiger partial charge in [0.1, 0.15) is 0 Å². The highest BCUT2D eigenvalue weighted by molar-refractivity contribution is 9.10. The molecule has 0 bridgehead atoms. The number of aromatic nitrogens is 1. The van der Waals surface area contributed by atoms with Crippen LogP contribution < -0.4 is 0 Å². The summed E-state index contributed by atoms with van der Waals surface area (Å²) in [5, 5.41) is 0. The number of hydrogen-bond donors (Lipinski definition) is 0. The molecule has 0 N–H and O–H groups in total. The lowest BCUT2D eigenvalue weighted by Gasteiger charge is -2.11. The van der Waals surface area contributed by atoms with Gasteiger partial charge in [-0.15, -0.1) is 11.6 Å². The summed E-state index contributed by atoms with van der Waals surface area (Å²) in [5.41, 5.74) is -0.424. The first-order chi connectivity index (χ1) is 8.02.